The van der Waals surface area contributed by atoms with Gasteiger partial charge in [0.15, 0.2) is 5.76 Å². The zero-order chi connectivity index (χ0) is 20.5. The fraction of sp³-hybridized carbons (Fsp3) is 0.238. The van der Waals surface area contributed by atoms with Crippen LogP contribution in [0.15, 0.2) is 51.4 Å². The lowest BCUT2D eigenvalue weighted by atomic mass is 10.2. The molecule has 1 aliphatic heterocycles. The first-order valence-electron chi connectivity index (χ1n) is 9.22. The van der Waals surface area contributed by atoms with Gasteiger partial charge in [0.2, 0.25) is 0 Å². The van der Waals surface area contributed by atoms with Gasteiger partial charge in [0, 0.05) is 42.3 Å². The Morgan fingerprint density at radius 2 is 1.79 bits per heavy atom. The maximum Gasteiger partial charge on any atom is 0.321 e. The first-order valence-corrected chi connectivity index (χ1v) is 10.4. The van der Waals surface area contributed by atoms with Crippen molar-refractivity contribution in [3.8, 4) is 0 Å². The number of piperazine rings is 1. The molecule has 29 heavy (non-hydrogen) atoms. The Morgan fingerprint density at radius 3 is 2.48 bits per heavy atom. The molecule has 1 aliphatic rings. The fourth-order valence-corrected chi connectivity index (χ4v) is 3.92. The predicted octanol–water partition coefficient (Wildman–Crippen LogP) is 5.15. The molecule has 0 radical (unpaired) electrons. The molecule has 0 aliphatic carbocycles. The van der Waals surface area contributed by atoms with Gasteiger partial charge in [0.05, 0.1) is 4.47 Å². The van der Waals surface area contributed by atoms with Crippen molar-refractivity contribution in [2.24, 2.45) is 0 Å². The summed E-state index contributed by atoms with van der Waals surface area (Å²) < 4.78 is 6.56. The Bertz CT molecular complexity index is 1090. The zero-order valence-electron chi connectivity index (χ0n) is 15.7. The predicted molar refractivity (Wildman–Crippen MR) is 117 cm³/mol. The lowest BCUT2D eigenvalue weighted by molar-refractivity contribution is 0.0643. The van der Waals surface area contributed by atoms with Gasteiger partial charge in [0.1, 0.15) is 5.58 Å². The van der Waals surface area contributed by atoms with E-state index >= 15 is 0 Å². The molecule has 0 atom stereocenters. The Balaban J connectivity index is 1.38. The molecule has 150 valence electrons. The van der Waals surface area contributed by atoms with E-state index in [1.165, 1.54) is 0 Å². The maximum atomic E-state index is 12.8. The number of nitrogens with zero attached hydrogens (tertiary/aromatic N) is 2. The molecule has 0 bridgehead atoms. The van der Waals surface area contributed by atoms with E-state index in [-0.39, 0.29) is 11.9 Å². The molecule has 1 saturated heterocycles. The van der Waals surface area contributed by atoms with Crippen LogP contribution in [0.5, 0.6) is 0 Å². The SMILES string of the molecule is Cc1ccc(NC(=O)N2CCN(C(=O)c3cc4cccc(Br)c4o3)CC2)cc1Cl. The van der Waals surface area contributed by atoms with E-state index in [2.05, 4.69) is 21.2 Å². The highest BCUT2D eigenvalue weighted by Gasteiger charge is 2.27. The summed E-state index contributed by atoms with van der Waals surface area (Å²) in [6.07, 6.45) is 0. The Hall–Kier alpha value is -2.51. The number of urea groups is 1. The van der Waals surface area contributed by atoms with Gasteiger partial charge in [-0.05, 0) is 52.7 Å². The van der Waals surface area contributed by atoms with Crippen molar-refractivity contribution in [1.29, 1.82) is 0 Å². The first-order chi connectivity index (χ1) is 13.9. The molecule has 6 nitrogen and oxygen atoms in total. The zero-order valence-corrected chi connectivity index (χ0v) is 18.1. The average Bonchev–Trinajstić information content (AvgIpc) is 3.16. The van der Waals surface area contributed by atoms with Crippen LogP contribution in [-0.2, 0) is 0 Å². The van der Waals surface area contributed by atoms with Crippen LogP contribution in [0.2, 0.25) is 5.02 Å². The average molecular weight is 477 g/mol. The van der Waals surface area contributed by atoms with Gasteiger partial charge >= 0.3 is 6.03 Å². The molecule has 0 unspecified atom stereocenters. The summed E-state index contributed by atoms with van der Waals surface area (Å²) in [6, 6.07) is 12.6. The van der Waals surface area contributed by atoms with Crippen LogP contribution < -0.4 is 5.32 Å². The molecule has 3 aromatic rings. The molecule has 2 aromatic carbocycles. The third-order valence-electron chi connectivity index (χ3n) is 4.98. The molecule has 0 saturated carbocycles. The Labute approximate surface area is 181 Å². The summed E-state index contributed by atoms with van der Waals surface area (Å²) >= 11 is 9.55. The van der Waals surface area contributed by atoms with E-state index in [4.69, 9.17) is 16.0 Å². The number of benzene rings is 2. The lowest BCUT2D eigenvalue weighted by Gasteiger charge is -2.34. The lowest BCUT2D eigenvalue weighted by Crippen LogP contribution is -2.51. The molecule has 1 N–H and O–H groups in total. The third-order valence-corrected chi connectivity index (χ3v) is 6.02. The molecule has 3 amide bonds. The van der Waals surface area contributed by atoms with E-state index in [1.807, 2.05) is 37.3 Å². The van der Waals surface area contributed by atoms with Crippen LogP contribution in [0.1, 0.15) is 16.1 Å². The number of para-hydroxylation sites is 1. The largest absolute Gasteiger partial charge is 0.450 e. The third kappa shape index (κ3) is 4.11. The number of fused-ring (bicyclic) bond motifs is 1. The van der Waals surface area contributed by atoms with Crippen molar-refractivity contribution in [1.82, 2.24) is 9.80 Å². The van der Waals surface area contributed by atoms with Crippen LogP contribution in [0.25, 0.3) is 11.0 Å². The number of hydrogen-bond acceptors (Lipinski definition) is 3. The number of furan rings is 1. The standard InChI is InChI=1S/C21H19BrClN3O3/c1-13-5-6-15(12-17(13)23)24-21(28)26-9-7-25(8-10-26)20(27)18-11-14-3-2-4-16(22)19(14)29-18/h2-6,11-12H,7-10H2,1H3,(H,24,28). The second kappa shape index (κ2) is 8.08. The molecule has 1 fully saturated rings. The van der Waals surface area contributed by atoms with Crippen molar-refractivity contribution in [2.45, 2.75) is 6.92 Å². The van der Waals surface area contributed by atoms with Crippen molar-refractivity contribution in [3.05, 3.63) is 63.3 Å². The monoisotopic (exact) mass is 475 g/mol. The molecule has 0 spiro atoms. The number of carbonyl (C=O) groups is 2. The van der Waals surface area contributed by atoms with Crippen molar-refractivity contribution < 1.29 is 14.0 Å². The summed E-state index contributed by atoms with van der Waals surface area (Å²) in [5.41, 5.74) is 2.26. The normalized spacial score (nSPS) is 14.3. The van der Waals surface area contributed by atoms with Crippen LogP contribution in [0, 0.1) is 6.92 Å². The molecule has 1 aromatic heterocycles. The summed E-state index contributed by atoms with van der Waals surface area (Å²) in [6.45, 7) is 3.69. The number of aryl methyl sites for hydroxylation is 1. The smallest absolute Gasteiger partial charge is 0.321 e. The van der Waals surface area contributed by atoms with Crippen molar-refractivity contribution in [2.75, 3.05) is 31.5 Å². The van der Waals surface area contributed by atoms with Crippen molar-refractivity contribution in [3.63, 3.8) is 0 Å². The highest BCUT2D eigenvalue weighted by molar-refractivity contribution is 9.10. The topological polar surface area (TPSA) is 65.8 Å². The number of hydrogen-bond donors (Lipinski definition) is 1. The van der Waals surface area contributed by atoms with E-state index in [9.17, 15) is 9.59 Å². The number of rotatable bonds is 2. The minimum atomic E-state index is -0.204. The number of anilines is 1. The van der Waals surface area contributed by atoms with Crippen LogP contribution in [0.3, 0.4) is 0 Å². The Kier molecular flexibility index (Phi) is 5.52. The highest BCUT2D eigenvalue weighted by Crippen LogP contribution is 2.28. The summed E-state index contributed by atoms with van der Waals surface area (Å²) in [4.78, 5) is 28.7. The second-order valence-electron chi connectivity index (χ2n) is 6.94. The van der Waals surface area contributed by atoms with Crippen molar-refractivity contribution >= 4 is 56.1 Å². The number of carbonyl (C=O) groups excluding carboxylic acids is 2. The van der Waals surface area contributed by atoms with Gasteiger partial charge < -0.3 is 19.5 Å². The molecule has 8 heteroatoms. The van der Waals surface area contributed by atoms with Crippen LogP contribution in [0.4, 0.5) is 10.5 Å². The molecular weight excluding hydrogens is 458 g/mol. The first kappa shape index (κ1) is 19.8. The minimum Gasteiger partial charge on any atom is -0.450 e. The van der Waals surface area contributed by atoms with E-state index in [0.717, 1.165) is 15.4 Å². The number of halogens is 2. The van der Waals surface area contributed by atoms with Crippen LogP contribution >= 0.6 is 27.5 Å². The van der Waals surface area contributed by atoms with Gasteiger partial charge in [-0.25, -0.2) is 4.79 Å². The highest BCUT2D eigenvalue weighted by atomic mass is 79.9. The quantitative estimate of drug-likeness (QED) is 0.556. The number of nitrogens with one attached hydrogen (secondary N) is 1. The fourth-order valence-electron chi connectivity index (χ4n) is 3.27. The number of amides is 3. The van der Waals surface area contributed by atoms with Crippen LogP contribution in [-0.4, -0.2) is 47.9 Å². The Morgan fingerprint density at radius 1 is 1.07 bits per heavy atom. The van der Waals surface area contributed by atoms with Gasteiger partial charge in [-0.3, -0.25) is 4.79 Å². The second-order valence-corrected chi connectivity index (χ2v) is 8.20. The summed E-state index contributed by atoms with van der Waals surface area (Å²) in [7, 11) is 0. The van der Waals surface area contributed by atoms with Gasteiger partial charge in [0.25, 0.3) is 5.91 Å². The van der Waals surface area contributed by atoms with Gasteiger partial charge in [-0.1, -0.05) is 29.8 Å². The van der Waals surface area contributed by atoms with Gasteiger partial charge in [-0.15, -0.1) is 0 Å². The minimum absolute atomic E-state index is 0.168. The summed E-state index contributed by atoms with van der Waals surface area (Å²) in [5, 5.41) is 4.33. The van der Waals surface area contributed by atoms with E-state index < -0.39 is 0 Å². The maximum absolute atomic E-state index is 12.8. The molecule has 2 heterocycles. The van der Waals surface area contributed by atoms with E-state index in [1.54, 1.807) is 21.9 Å². The summed E-state index contributed by atoms with van der Waals surface area (Å²) in [5.74, 6) is 0.137. The molecule has 4 rings (SSSR count). The van der Waals surface area contributed by atoms with E-state index in [0.29, 0.717) is 48.2 Å². The molecular formula is C21H19BrClN3O3. The van der Waals surface area contributed by atoms with Gasteiger partial charge in [-0.2, -0.15) is 0 Å².